The highest BCUT2D eigenvalue weighted by atomic mass is 32.2. The lowest BCUT2D eigenvalue weighted by molar-refractivity contribution is -0.134. The lowest BCUT2D eigenvalue weighted by Crippen LogP contribution is -2.40. The number of benzene rings is 2. The van der Waals surface area contributed by atoms with Crippen molar-refractivity contribution < 1.29 is 27.4 Å². The molecule has 2 aromatic carbocycles. The van der Waals surface area contributed by atoms with Crippen LogP contribution in [0.5, 0.6) is 5.75 Å². The number of terminal acetylenes is 1. The summed E-state index contributed by atoms with van der Waals surface area (Å²) in [6, 6.07) is 11.9. The van der Waals surface area contributed by atoms with Gasteiger partial charge in [0.2, 0.25) is 15.9 Å². The van der Waals surface area contributed by atoms with Crippen LogP contribution in [0.3, 0.4) is 0 Å². The van der Waals surface area contributed by atoms with Crippen molar-refractivity contribution in [3.8, 4) is 18.1 Å². The number of anilines is 2. The van der Waals surface area contributed by atoms with E-state index in [0.717, 1.165) is 5.69 Å². The van der Waals surface area contributed by atoms with Crippen LogP contribution in [0.1, 0.15) is 12.8 Å². The van der Waals surface area contributed by atoms with Gasteiger partial charge >= 0.3 is 5.97 Å². The van der Waals surface area contributed by atoms with Gasteiger partial charge < -0.3 is 14.7 Å². The number of sulfonamides is 1. The highest BCUT2D eigenvalue weighted by Crippen LogP contribution is 2.43. The number of likely N-dealkylation sites (N-methyl/N-ethyl adjacent to an activating group) is 1. The molecule has 7 nitrogen and oxygen atoms in total. The molecule has 1 aliphatic rings. The summed E-state index contributed by atoms with van der Waals surface area (Å²) in [6.45, 7) is 0.371. The fourth-order valence-electron chi connectivity index (χ4n) is 3.52. The maximum atomic E-state index is 13.6. The molecule has 0 saturated heterocycles. The van der Waals surface area contributed by atoms with Crippen molar-refractivity contribution in [1.29, 1.82) is 0 Å². The molecule has 1 aliphatic heterocycles. The van der Waals surface area contributed by atoms with Gasteiger partial charge in [0.05, 0.1) is 10.6 Å². The van der Waals surface area contributed by atoms with Gasteiger partial charge in [-0.15, -0.1) is 24.1 Å². The molecular weight excluding hydrogens is 467 g/mol. The second-order valence-corrected chi connectivity index (χ2v) is 10.0. The summed E-state index contributed by atoms with van der Waals surface area (Å²) in [7, 11) is -2.48. The van der Waals surface area contributed by atoms with Gasteiger partial charge in [-0.05, 0) is 30.9 Å². The average Bonchev–Trinajstić information content (AvgIpc) is 2.89. The molecule has 0 radical (unpaired) electrons. The van der Waals surface area contributed by atoms with Crippen LogP contribution in [0.2, 0.25) is 0 Å². The van der Waals surface area contributed by atoms with E-state index in [0.29, 0.717) is 36.2 Å². The van der Waals surface area contributed by atoms with Crippen LogP contribution in [0.4, 0.5) is 15.8 Å². The molecule has 2 aromatic rings. The van der Waals surface area contributed by atoms with Gasteiger partial charge in [0.15, 0.2) is 0 Å². The van der Waals surface area contributed by atoms with Crippen LogP contribution in [0.15, 0.2) is 64.3 Å². The SMILES string of the molecule is C#CCCC1CN(c2ccccc2)c2cc(SC)c(O/C=C(\F)C(=O)O)cc2S(=O)(=O)N1C. The van der Waals surface area contributed by atoms with E-state index in [1.54, 1.807) is 12.3 Å². The van der Waals surface area contributed by atoms with E-state index in [1.165, 1.54) is 29.2 Å². The molecule has 3 rings (SSSR count). The number of carbonyl (C=O) groups is 1. The fourth-order valence-corrected chi connectivity index (χ4v) is 5.62. The van der Waals surface area contributed by atoms with Gasteiger partial charge in [0.25, 0.3) is 0 Å². The van der Waals surface area contributed by atoms with Gasteiger partial charge in [-0.2, -0.15) is 8.70 Å². The summed E-state index contributed by atoms with van der Waals surface area (Å²) < 4.78 is 47.2. The summed E-state index contributed by atoms with van der Waals surface area (Å²) >= 11 is 1.26. The Labute approximate surface area is 196 Å². The third-order valence-corrected chi connectivity index (χ3v) is 7.98. The molecule has 0 bridgehead atoms. The first-order valence-electron chi connectivity index (χ1n) is 9.92. The Balaban J connectivity index is 2.22. The van der Waals surface area contributed by atoms with E-state index in [1.807, 2.05) is 35.2 Å². The largest absolute Gasteiger partial charge is 0.476 e. The normalized spacial score (nSPS) is 18.2. The third-order valence-electron chi connectivity index (χ3n) is 5.28. The predicted molar refractivity (Wildman–Crippen MR) is 126 cm³/mol. The molecule has 0 saturated carbocycles. The molecule has 10 heteroatoms. The van der Waals surface area contributed by atoms with Crippen LogP contribution >= 0.6 is 11.8 Å². The molecule has 0 aliphatic carbocycles. The zero-order valence-corrected chi connectivity index (χ0v) is 19.7. The van der Waals surface area contributed by atoms with E-state index in [9.17, 15) is 17.6 Å². The van der Waals surface area contributed by atoms with Crippen LogP contribution in [-0.4, -0.2) is 49.7 Å². The minimum atomic E-state index is -3.98. The topological polar surface area (TPSA) is 87.1 Å². The second kappa shape index (κ2) is 10.3. The van der Waals surface area contributed by atoms with Gasteiger partial charge in [-0.3, -0.25) is 0 Å². The minimum absolute atomic E-state index is 0.0321. The summed E-state index contributed by atoms with van der Waals surface area (Å²) in [5, 5.41) is 8.74. The number of ether oxygens (including phenoxy) is 1. The standard InChI is InChI=1S/C23H23FN2O5S2/c1-4-5-9-17-14-26(16-10-7-6-8-11-16)19-12-21(32-3)20(31-15-18(24)23(27)28)13-22(19)33(29,30)25(17)2/h1,6-8,10-13,15,17H,5,9,14H2,2-3H3,(H,27,28)/b18-15-. The van der Waals surface area contributed by atoms with E-state index in [2.05, 4.69) is 5.92 Å². The number of hydrogen-bond donors (Lipinski definition) is 1. The van der Waals surface area contributed by atoms with E-state index >= 15 is 0 Å². The third kappa shape index (κ3) is 5.16. The maximum absolute atomic E-state index is 13.6. The van der Waals surface area contributed by atoms with E-state index < -0.39 is 27.9 Å². The van der Waals surface area contributed by atoms with Crippen LogP contribution < -0.4 is 9.64 Å². The Morgan fingerprint density at radius 1 is 1.36 bits per heavy atom. The number of carboxylic acids is 1. The zero-order chi connectivity index (χ0) is 24.2. The number of hydrogen-bond acceptors (Lipinski definition) is 6. The highest BCUT2D eigenvalue weighted by Gasteiger charge is 2.37. The Morgan fingerprint density at radius 3 is 2.67 bits per heavy atom. The number of carboxylic acid groups (broad SMARTS) is 1. The van der Waals surface area contributed by atoms with Crippen LogP contribution in [0, 0.1) is 12.3 Å². The lowest BCUT2D eigenvalue weighted by Gasteiger charge is -2.29. The molecular formula is C23H23FN2O5S2. The molecule has 0 fully saturated rings. The molecule has 174 valence electrons. The second-order valence-electron chi connectivity index (χ2n) is 7.22. The number of aliphatic carboxylic acids is 1. The van der Waals surface area contributed by atoms with Gasteiger partial charge in [-0.1, -0.05) is 18.2 Å². The number of thioether (sulfide) groups is 1. The van der Waals surface area contributed by atoms with Crippen molar-refractivity contribution in [3.05, 3.63) is 54.6 Å². The first kappa shape index (κ1) is 24.6. The lowest BCUT2D eigenvalue weighted by atomic mass is 10.1. The highest BCUT2D eigenvalue weighted by molar-refractivity contribution is 7.98. The Bertz CT molecular complexity index is 1210. The number of nitrogens with zero attached hydrogens (tertiary/aromatic N) is 2. The summed E-state index contributed by atoms with van der Waals surface area (Å²) in [6.07, 6.45) is 8.51. The Kier molecular flexibility index (Phi) is 7.68. The molecule has 0 spiro atoms. The van der Waals surface area contributed by atoms with Gasteiger partial charge in [0, 0.05) is 37.8 Å². The van der Waals surface area contributed by atoms with E-state index in [4.69, 9.17) is 16.3 Å². The molecule has 0 aromatic heterocycles. The van der Waals surface area contributed by atoms with Crippen molar-refractivity contribution >= 4 is 39.1 Å². The smallest absolute Gasteiger partial charge is 0.368 e. The van der Waals surface area contributed by atoms with Crippen molar-refractivity contribution in [2.75, 3.05) is 24.7 Å². The number of halogens is 1. The fraction of sp³-hybridized carbons (Fsp3) is 0.261. The van der Waals surface area contributed by atoms with Crippen LogP contribution in [-0.2, 0) is 14.8 Å². The average molecular weight is 491 g/mol. The maximum Gasteiger partial charge on any atom is 0.368 e. The first-order chi connectivity index (χ1) is 15.7. The summed E-state index contributed by atoms with van der Waals surface area (Å²) in [5.74, 6) is -0.684. The van der Waals surface area contributed by atoms with Crippen LogP contribution in [0.25, 0.3) is 0 Å². The minimum Gasteiger partial charge on any atom is -0.476 e. The van der Waals surface area contributed by atoms with Gasteiger partial charge in [-0.25, -0.2) is 13.2 Å². The molecule has 0 amide bonds. The zero-order valence-electron chi connectivity index (χ0n) is 18.1. The van der Waals surface area contributed by atoms with Crippen molar-refractivity contribution in [2.45, 2.75) is 28.7 Å². The summed E-state index contributed by atoms with van der Waals surface area (Å²) in [4.78, 5) is 13.2. The Morgan fingerprint density at radius 2 is 2.06 bits per heavy atom. The molecule has 33 heavy (non-hydrogen) atoms. The molecule has 1 heterocycles. The molecule has 1 N–H and O–H groups in total. The predicted octanol–water partition coefficient (Wildman–Crippen LogP) is 4.24. The number of fused-ring (bicyclic) bond motifs is 1. The van der Waals surface area contributed by atoms with E-state index in [-0.39, 0.29) is 10.6 Å². The number of rotatable bonds is 7. The molecule has 1 atom stereocenters. The summed E-state index contributed by atoms with van der Waals surface area (Å²) in [5.41, 5.74) is 1.24. The first-order valence-corrected chi connectivity index (χ1v) is 12.6. The number of para-hydroxylation sites is 1. The van der Waals surface area contributed by atoms with Gasteiger partial charge in [0.1, 0.15) is 16.9 Å². The van der Waals surface area contributed by atoms with Crippen molar-refractivity contribution in [3.63, 3.8) is 0 Å². The monoisotopic (exact) mass is 490 g/mol. The Hall–Kier alpha value is -3.00. The molecule has 1 unspecified atom stereocenters. The van der Waals surface area contributed by atoms with Crippen molar-refractivity contribution in [2.24, 2.45) is 0 Å². The quantitative estimate of drug-likeness (QED) is 0.269. The van der Waals surface area contributed by atoms with Crippen molar-refractivity contribution in [1.82, 2.24) is 4.31 Å².